The Labute approximate surface area is 158 Å². The van der Waals surface area contributed by atoms with Gasteiger partial charge in [0.05, 0.1) is 7.11 Å². The van der Waals surface area contributed by atoms with Gasteiger partial charge in [-0.2, -0.15) is 0 Å². The maximum Gasteiger partial charge on any atom is 0.118 e. The molecule has 1 nitrogen and oxygen atoms in total. The van der Waals surface area contributed by atoms with E-state index >= 15 is 0 Å². The molecule has 1 aromatic carbocycles. The quantitative estimate of drug-likeness (QED) is 0.516. The van der Waals surface area contributed by atoms with Gasteiger partial charge in [0, 0.05) is 5.54 Å². The van der Waals surface area contributed by atoms with E-state index in [-0.39, 0.29) is 0 Å². The fourth-order valence-electron chi connectivity index (χ4n) is 4.90. The molecule has 0 radical (unpaired) electrons. The van der Waals surface area contributed by atoms with Crippen LogP contribution in [0.5, 0.6) is 5.75 Å². The Balaban J connectivity index is 1.36. The van der Waals surface area contributed by atoms with Crippen molar-refractivity contribution in [1.82, 2.24) is 0 Å². The maximum absolute atomic E-state index is 5.72. The van der Waals surface area contributed by atoms with Gasteiger partial charge >= 0.3 is 0 Å². The van der Waals surface area contributed by atoms with Gasteiger partial charge in [-0.1, -0.05) is 42.7 Å². The molecule has 0 atom stereocenters. The lowest BCUT2D eigenvalue weighted by molar-refractivity contribution is 0.246. The molecule has 2 aliphatic carbocycles. The lowest BCUT2D eigenvalue weighted by atomic mass is 9.74. The van der Waals surface area contributed by atoms with Crippen molar-refractivity contribution in [3.63, 3.8) is 0 Å². The van der Waals surface area contributed by atoms with Gasteiger partial charge in [-0.25, -0.2) is 0 Å². The highest BCUT2D eigenvalue weighted by Gasteiger charge is 2.24. The number of benzene rings is 1. The number of allylic oxidation sites excluding steroid dienone is 1. The van der Waals surface area contributed by atoms with Crippen LogP contribution in [0, 0.1) is 17.8 Å². The van der Waals surface area contributed by atoms with Crippen LogP contribution >= 0.6 is 11.6 Å². The Morgan fingerprint density at radius 1 is 0.880 bits per heavy atom. The molecule has 0 saturated heterocycles. The topological polar surface area (TPSA) is 9.23 Å². The number of hydrogen-bond donors (Lipinski definition) is 0. The molecule has 2 heteroatoms. The zero-order valence-corrected chi connectivity index (χ0v) is 16.4. The van der Waals surface area contributed by atoms with E-state index in [2.05, 4.69) is 30.3 Å². The first-order valence-electron chi connectivity index (χ1n) is 10.2. The lowest BCUT2D eigenvalue weighted by Gasteiger charge is -2.31. The first-order valence-corrected chi connectivity index (χ1v) is 10.6. The number of methoxy groups -OCH3 is 1. The summed E-state index contributed by atoms with van der Waals surface area (Å²) in [5.41, 5.74) is 3.22. The molecule has 0 unspecified atom stereocenters. The van der Waals surface area contributed by atoms with Crippen LogP contribution < -0.4 is 4.74 Å². The van der Waals surface area contributed by atoms with Crippen molar-refractivity contribution < 1.29 is 4.74 Å². The van der Waals surface area contributed by atoms with E-state index in [1.165, 1.54) is 69.8 Å². The van der Waals surface area contributed by atoms with Crippen LogP contribution in [0.1, 0.15) is 75.7 Å². The van der Waals surface area contributed by atoms with E-state index in [0.717, 1.165) is 29.4 Å². The minimum Gasteiger partial charge on any atom is -0.497 e. The zero-order chi connectivity index (χ0) is 17.5. The van der Waals surface area contributed by atoms with Crippen LogP contribution in [0.15, 0.2) is 35.9 Å². The summed E-state index contributed by atoms with van der Waals surface area (Å²) >= 11 is 5.72. The molecule has 2 saturated carbocycles. The number of hydrogen-bond acceptors (Lipinski definition) is 1. The summed E-state index contributed by atoms with van der Waals surface area (Å²) in [7, 11) is 1.74. The Morgan fingerprint density at radius 3 is 1.96 bits per heavy atom. The molecule has 138 valence electrons. The Kier molecular flexibility index (Phi) is 7.28. The molecule has 2 aliphatic rings. The van der Waals surface area contributed by atoms with E-state index in [1.807, 2.05) is 0 Å². The second-order valence-electron chi connectivity index (χ2n) is 8.17. The van der Waals surface area contributed by atoms with Crippen molar-refractivity contribution in [2.75, 3.05) is 7.11 Å². The Hall–Kier alpha value is -0.950. The highest BCUT2D eigenvalue weighted by molar-refractivity contribution is 6.25. The largest absolute Gasteiger partial charge is 0.497 e. The van der Waals surface area contributed by atoms with Crippen LogP contribution in [-0.4, -0.2) is 7.11 Å². The summed E-state index contributed by atoms with van der Waals surface area (Å²) in [5, 5.41) is 0. The van der Waals surface area contributed by atoms with E-state index in [0.29, 0.717) is 0 Å². The SMILES string of the molecule is COc1ccc(C2CCC(CCC3CCC(C=CCl)CC3)CC2)cc1. The summed E-state index contributed by atoms with van der Waals surface area (Å²) in [4.78, 5) is 0. The van der Waals surface area contributed by atoms with Gasteiger partial charge in [-0.3, -0.25) is 0 Å². The smallest absolute Gasteiger partial charge is 0.118 e. The average molecular weight is 361 g/mol. The van der Waals surface area contributed by atoms with Gasteiger partial charge in [0.25, 0.3) is 0 Å². The monoisotopic (exact) mass is 360 g/mol. The maximum atomic E-state index is 5.72. The fraction of sp³-hybridized carbons (Fsp3) is 0.652. The van der Waals surface area contributed by atoms with Gasteiger partial charge in [0.1, 0.15) is 5.75 Å². The lowest BCUT2D eigenvalue weighted by Crippen LogP contribution is -2.17. The predicted molar refractivity (Wildman–Crippen MR) is 107 cm³/mol. The summed E-state index contributed by atoms with van der Waals surface area (Å²) in [6.07, 6.45) is 16.2. The van der Waals surface area contributed by atoms with E-state index in [4.69, 9.17) is 16.3 Å². The minimum atomic E-state index is 0.744. The summed E-state index contributed by atoms with van der Waals surface area (Å²) in [6.45, 7) is 0. The van der Waals surface area contributed by atoms with E-state index in [1.54, 1.807) is 12.6 Å². The second-order valence-corrected chi connectivity index (χ2v) is 8.42. The summed E-state index contributed by atoms with van der Waals surface area (Å²) in [5.74, 6) is 4.41. The summed E-state index contributed by atoms with van der Waals surface area (Å²) < 4.78 is 5.27. The van der Waals surface area contributed by atoms with E-state index < -0.39 is 0 Å². The third-order valence-corrected chi connectivity index (χ3v) is 6.80. The minimum absolute atomic E-state index is 0.744. The first kappa shape index (κ1) is 18.8. The van der Waals surface area contributed by atoms with Crippen LogP contribution in [0.25, 0.3) is 0 Å². The first-order chi connectivity index (χ1) is 12.3. The molecular weight excluding hydrogens is 328 g/mol. The number of halogens is 1. The molecule has 0 amide bonds. The van der Waals surface area contributed by atoms with Gasteiger partial charge < -0.3 is 4.74 Å². The Morgan fingerprint density at radius 2 is 1.44 bits per heavy atom. The van der Waals surface area contributed by atoms with Gasteiger partial charge in [-0.15, -0.1) is 0 Å². The van der Waals surface area contributed by atoms with Crippen LogP contribution in [0.2, 0.25) is 0 Å². The van der Waals surface area contributed by atoms with Gasteiger partial charge in [0.2, 0.25) is 0 Å². The van der Waals surface area contributed by atoms with Crippen LogP contribution in [0.4, 0.5) is 0 Å². The third kappa shape index (κ3) is 5.51. The normalized spacial score (nSPS) is 30.5. The summed E-state index contributed by atoms with van der Waals surface area (Å²) in [6, 6.07) is 8.74. The highest BCUT2D eigenvalue weighted by Crippen LogP contribution is 2.40. The number of rotatable bonds is 6. The second kappa shape index (κ2) is 9.67. The zero-order valence-electron chi connectivity index (χ0n) is 15.6. The number of ether oxygens (including phenoxy) is 1. The van der Waals surface area contributed by atoms with Crippen LogP contribution in [-0.2, 0) is 0 Å². The third-order valence-electron chi connectivity index (χ3n) is 6.65. The molecular formula is C23H33ClO. The van der Waals surface area contributed by atoms with Crippen molar-refractivity contribution >= 4 is 11.6 Å². The van der Waals surface area contributed by atoms with Crippen molar-refractivity contribution in [1.29, 1.82) is 0 Å². The molecule has 0 N–H and O–H groups in total. The van der Waals surface area contributed by atoms with Crippen molar-refractivity contribution in [3.05, 3.63) is 41.4 Å². The molecule has 3 rings (SSSR count). The molecule has 0 bridgehead atoms. The predicted octanol–water partition coefficient (Wildman–Crippen LogP) is 7.31. The van der Waals surface area contributed by atoms with Crippen molar-refractivity contribution in [3.8, 4) is 5.75 Å². The standard InChI is InChI=1S/C23H33ClO/c1-25-23-14-12-22(13-15-23)21-10-8-19(9-11-21)3-2-18-4-6-20(7-5-18)16-17-24/h12-21H,2-11H2,1H3. The van der Waals surface area contributed by atoms with Crippen molar-refractivity contribution in [2.45, 2.75) is 70.1 Å². The van der Waals surface area contributed by atoms with Crippen LogP contribution in [0.3, 0.4) is 0 Å². The van der Waals surface area contributed by atoms with Gasteiger partial charge in [-0.05, 0) is 92.7 Å². The molecule has 0 aliphatic heterocycles. The highest BCUT2D eigenvalue weighted by atomic mass is 35.5. The Bertz CT molecular complexity index is 520. The molecule has 25 heavy (non-hydrogen) atoms. The fourth-order valence-corrected chi connectivity index (χ4v) is 5.11. The van der Waals surface area contributed by atoms with Gasteiger partial charge in [0.15, 0.2) is 0 Å². The molecule has 2 fully saturated rings. The van der Waals surface area contributed by atoms with E-state index in [9.17, 15) is 0 Å². The van der Waals surface area contributed by atoms with Crippen molar-refractivity contribution in [2.24, 2.45) is 17.8 Å². The molecule has 0 aromatic heterocycles. The molecule has 0 heterocycles. The molecule has 0 spiro atoms. The molecule has 1 aromatic rings. The average Bonchev–Trinajstić information content (AvgIpc) is 2.68.